The Balaban J connectivity index is 1.65. The number of aromatic nitrogens is 1. The zero-order chi connectivity index (χ0) is 14.2. The number of halogens is 1. The quantitative estimate of drug-likeness (QED) is 0.796. The number of benzene rings is 1. The van der Waals surface area contributed by atoms with Gasteiger partial charge in [-0.1, -0.05) is 31.4 Å². The van der Waals surface area contributed by atoms with Crippen LogP contribution in [-0.2, 0) is 6.54 Å². The fraction of sp³-hybridized carbons (Fsp3) is 0.471. The maximum Gasteiger partial charge on any atom is 0.152 e. The van der Waals surface area contributed by atoms with Crippen molar-refractivity contribution in [2.45, 2.75) is 44.7 Å². The van der Waals surface area contributed by atoms with E-state index in [-0.39, 0.29) is 5.82 Å². The van der Waals surface area contributed by atoms with Gasteiger partial charge in [-0.2, -0.15) is 0 Å². The second-order valence-electron chi connectivity index (χ2n) is 6.09. The van der Waals surface area contributed by atoms with E-state index in [9.17, 15) is 4.39 Å². The third-order valence-electron chi connectivity index (χ3n) is 4.69. The number of nitrogens with zero attached hydrogens (tertiary/aromatic N) is 2. The summed E-state index contributed by atoms with van der Waals surface area (Å²) in [5, 5.41) is 0.805. The van der Waals surface area contributed by atoms with Crippen molar-refractivity contribution in [2.75, 3.05) is 6.73 Å². The Bertz CT molecular complexity index is 667. The molecule has 3 nitrogen and oxygen atoms in total. The van der Waals surface area contributed by atoms with Gasteiger partial charge in [-0.05, 0) is 18.9 Å². The van der Waals surface area contributed by atoms with E-state index in [2.05, 4.69) is 9.88 Å². The minimum Gasteiger partial charge on any atom is -0.475 e. The molecule has 0 atom stereocenters. The van der Waals surface area contributed by atoms with Crippen LogP contribution in [0.2, 0.25) is 0 Å². The minimum absolute atomic E-state index is 0.304. The maximum absolute atomic E-state index is 13.3. The van der Waals surface area contributed by atoms with E-state index < -0.39 is 0 Å². The first-order chi connectivity index (χ1) is 10.3. The van der Waals surface area contributed by atoms with Crippen molar-refractivity contribution in [1.82, 2.24) is 9.88 Å². The van der Waals surface area contributed by atoms with Gasteiger partial charge in [0, 0.05) is 23.5 Å². The summed E-state index contributed by atoms with van der Waals surface area (Å²) in [6.45, 7) is 1.53. The first-order valence-electron chi connectivity index (χ1n) is 7.75. The molecular formula is C17H19FN2O. The zero-order valence-electron chi connectivity index (χ0n) is 12.0. The van der Waals surface area contributed by atoms with Crippen LogP contribution in [0.15, 0.2) is 24.4 Å². The lowest BCUT2D eigenvalue weighted by molar-refractivity contribution is 0.0413. The summed E-state index contributed by atoms with van der Waals surface area (Å²) in [4.78, 5) is 6.64. The van der Waals surface area contributed by atoms with Crippen LogP contribution in [0.25, 0.3) is 10.9 Å². The second-order valence-corrected chi connectivity index (χ2v) is 6.09. The summed E-state index contributed by atoms with van der Waals surface area (Å²) in [7, 11) is 0. The van der Waals surface area contributed by atoms with Gasteiger partial charge in [0.1, 0.15) is 18.1 Å². The molecule has 1 aliphatic carbocycles. The molecule has 2 aromatic rings. The Morgan fingerprint density at radius 3 is 2.90 bits per heavy atom. The predicted octanol–water partition coefficient (Wildman–Crippen LogP) is 3.86. The van der Waals surface area contributed by atoms with E-state index in [0.29, 0.717) is 12.8 Å². The van der Waals surface area contributed by atoms with Gasteiger partial charge < -0.3 is 4.74 Å². The van der Waals surface area contributed by atoms with Crippen LogP contribution >= 0.6 is 0 Å². The number of fused-ring (bicyclic) bond motifs is 3. The predicted molar refractivity (Wildman–Crippen MR) is 79.6 cm³/mol. The van der Waals surface area contributed by atoms with Gasteiger partial charge in [0.25, 0.3) is 0 Å². The van der Waals surface area contributed by atoms with Crippen LogP contribution in [0.4, 0.5) is 4.39 Å². The van der Waals surface area contributed by atoms with E-state index in [4.69, 9.17) is 4.74 Å². The SMILES string of the molecule is Fc1cnc2c3c(ccc2c1)CN(C1CCCCC1)CO3. The first-order valence-corrected chi connectivity index (χ1v) is 7.75. The molecule has 1 fully saturated rings. The average Bonchev–Trinajstić information content (AvgIpc) is 2.54. The Morgan fingerprint density at radius 2 is 2.05 bits per heavy atom. The van der Waals surface area contributed by atoms with Crippen LogP contribution in [0.1, 0.15) is 37.7 Å². The summed E-state index contributed by atoms with van der Waals surface area (Å²) < 4.78 is 19.2. The van der Waals surface area contributed by atoms with Gasteiger partial charge in [-0.25, -0.2) is 9.37 Å². The second kappa shape index (κ2) is 5.26. The summed E-state index contributed by atoms with van der Waals surface area (Å²) in [5.41, 5.74) is 1.94. The molecule has 21 heavy (non-hydrogen) atoms. The van der Waals surface area contributed by atoms with Crippen molar-refractivity contribution in [3.63, 3.8) is 0 Å². The molecule has 2 aliphatic rings. The van der Waals surface area contributed by atoms with Gasteiger partial charge in [0.2, 0.25) is 0 Å². The third kappa shape index (κ3) is 2.38. The van der Waals surface area contributed by atoms with Gasteiger partial charge in [0.15, 0.2) is 5.75 Å². The molecule has 0 amide bonds. The van der Waals surface area contributed by atoms with Crippen LogP contribution in [0, 0.1) is 5.82 Å². The van der Waals surface area contributed by atoms with Crippen molar-refractivity contribution in [2.24, 2.45) is 0 Å². The van der Waals surface area contributed by atoms with Crippen LogP contribution in [-0.4, -0.2) is 22.7 Å². The van der Waals surface area contributed by atoms with Gasteiger partial charge in [0.05, 0.1) is 6.20 Å². The molecule has 1 saturated carbocycles. The summed E-state index contributed by atoms with van der Waals surface area (Å²) >= 11 is 0. The number of hydrogen-bond donors (Lipinski definition) is 0. The Morgan fingerprint density at radius 1 is 1.19 bits per heavy atom. The lowest BCUT2D eigenvalue weighted by Crippen LogP contribution is -2.41. The highest BCUT2D eigenvalue weighted by Gasteiger charge is 2.27. The first kappa shape index (κ1) is 13.0. The fourth-order valence-electron chi connectivity index (χ4n) is 3.57. The number of ether oxygens (including phenoxy) is 1. The van der Waals surface area contributed by atoms with Gasteiger partial charge in [-0.3, -0.25) is 4.90 Å². The normalized spacial score (nSPS) is 20.2. The lowest BCUT2D eigenvalue weighted by Gasteiger charge is -2.37. The number of hydrogen-bond acceptors (Lipinski definition) is 3. The standard InChI is InChI=1S/C17H19FN2O/c18-14-8-12-6-7-13-10-20(15-4-2-1-3-5-15)11-21-17(13)16(12)19-9-14/h6-9,15H,1-5,10-11H2. The summed E-state index contributed by atoms with van der Waals surface area (Å²) in [6, 6.07) is 6.15. The zero-order valence-corrected chi connectivity index (χ0v) is 12.0. The smallest absolute Gasteiger partial charge is 0.152 e. The van der Waals surface area contributed by atoms with Crippen molar-refractivity contribution >= 4 is 10.9 Å². The topological polar surface area (TPSA) is 25.4 Å². The molecule has 0 bridgehead atoms. The Labute approximate surface area is 123 Å². The molecule has 1 aliphatic heterocycles. The number of pyridine rings is 1. The largest absolute Gasteiger partial charge is 0.475 e. The Hall–Kier alpha value is -1.68. The van der Waals surface area contributed by atoms with E-state index in [1.165, 1.54) is 49.9 Å². The molecule has 2 heterocycles. The van der Waals surface area contributed by atoms with Crippen LogP contribution in [0.5, 0.6) is 5.75 Å². The number of rotatable bonds is 1. The van der Waals surface area contributed by atoms with Crippen LogP contribution < -0.4 is 4.74 Å². The maximum atomic E-state index is 13.3. The average molecular weight is 286 g/mol. The molecule has 0 radical (unpaired) electrons. The van der Waals surface area contributed by atoms with Crippen molar-refractivity contribution < 1.29 is 9.13 Å². The van der Waals surface area contributed by atoms with E-state index in [0.717, 1.165) is 23.2 Å². The van der Waals surface area contributed by atoms with Gasteiger partial charge in [-0.15, -0.1) is 0 Å². The van der Waals surface area contributed by atoms with E-state index in [1.54, 1.807) is 0 Å². The molecule has 4 rings (SSSR count). The van der Waals surface area contributed by atoms with E-state index >= 15 is 0 Å². The highest BCUT2D eigenvalue weighted by Crippen LogP contribution is 2.34. The highest BCUT2D eigenvalue weighted by molar-refractivity contribution is 5.85. The molecule has 1 aromatic heterocycles. The summed E-state index contributed by atoms with van der Waals surface area (Å²) in [5.74, 6) is 0.529. The molecule has 4 heteroatoms. The molecule has 110 valence electrons. The molecule has 1 aromatic carbocycles. The van der Waals surface area contributed by atoms with Crippen molar-refractivity contribution in [1.29, 1.82) is 0 Å². The molecule has 0 spiro atoms. The molecule has 0 saturated heterocycles. The summed E-state index contributed by atoms with van der Waals surface area (Å²) in [6.07, 6.45) is 7.83. The highest BCUT2D eigenvalue weighted by atomic mass is 19.1. The monoisotopic (exact) mass is 286 g/mol. The third-order valence-corrected chi connectivity index (χ3v) is 4.69. The molecule has 0 N–H and O–H groups in total. The minimum atomic E-state index is -0.304. The lowest BCUT2D eigenvalue weighted by atomic mass is 9.94. The van der Waals surface area contributed by atoms with Crippen LogP contribution in [0.3, 0.4) is 0 Å². The fourth-order valence-corrected chi connectivity index (χ4v) is 3.57. The Kier molecular flexibility index (Phi) is 3.26. The molecular weight excluding hydrogens is 267 g/mol. The van der Waals surface area contributed by atoms with E-state index in [1.807, 2.05) is 12.1 Å². The van der Waals surface area contributed by atoms with Crippen molar-refractivity contribution in [3.05, 3.63) is 35.8 Å². The molecule has 0 unspecified atom stereocenters. The van der Waals surface area contributed by atoms with Gasteiger partial charge >= 0.3 is 0 Å². The van der Waals surface area contributed by atoms with Crippen molar-refractivity contribution in [3.8, 4) is 5.75 Å².